The molecule has 0 aliphatic carbocycles. The van der Waals surface area contributed by atoms with Crippen molar-refractivity contribution in [2.24, 2.45) is 0 Å². The summed E-state index contributed by atoms with van der Waals surface area (Å²) in [4.78, 5) is 12.7. The summed E-state index contributed by atoms with van der Waals surface area (Å²) in [5.74, 6) is 0.136. The van der Waals surface area contributed by atoms with E-state index < -0.39 is 22.5 Å². The van der Waals surface area contributed by atoms with Gasteiger partial charge in [-0.05, 0) is 36.4 Å². The largest absolute Gasteiger partial charge is 0.299 e. The summed E-state index contributed by atoms with van der Waals surface area (Å²) in [6, 6.07) is 14.2. The summed E-state index contributed by atoms with van der Waals surface area (Å²) < 4.78 is 28.2. The molecule has 1 N–H and O–H groups in total. The quantitative estimate of drug-likeness (QED) is 0.279. The molecule has 0 saturated heterocycles. The van der Waals surface area contributed by atoms with Crippen molar-refractivity contribution in [3.05, 3.63) is 72.3 Å². The van der Waals surface area contributed by atoms with E-state index in [0.717, 1.165) is 4.31 Å². The number of hydrogen-bond acceptors (Lipinski definition) is 7. The van der Waals surface area contributed by atoms with Crippen LogP contribution in [0, 0.1) is 0 Å². The topological polar surface area (TPSA) is 92.3 Å². The molecule has 1 aromatic heterocycles. The van der Waals surface area contributed by atoms with E-state index in [9.17, 15) is 13.2 Å². The van der Waals surface area contributed by atoms with Crippen molar-refractivity contribution in [2.45, 2.75) is 9.24 Å². The number of carbonyl (C=O) groups is 1. The highest BCUT2D eigenvalue weighted by Crippen LogP contribution is 2.27. The summed E-state index contributed by atoms with van der Waals surface area (Å²) in [5.41, 5.74) is 0.363. The van der Waals surface area contributed by atoms with Crippen molar-refractivity contribution in [2.75, 3.05) is 21.9 Å². The highest BCUT2D eigenvalue weighted by Gasteiger charge is 2.27. The second-order valence-corrected chi connectivity index (χ2v) is 10.4. The Labute approximate surface area is 187 Å². The van der Waals surface area contributed by atoms with Crippen molar-refractivity contribution in [3.8, 4) is 0 Å². The maximum Gasteiger partial charge on any atom is 0.264 e. The molecule has 0 atom stereocenters. The summed E-state index contributed by atoms with van der Waals surface area (Å²) in [5, 5.41) is 11.2. The first kappa shape index (κ1) is 22.3. The summed E-state index contributed by atoms with van der Waals surface area (Å²) in [6.07, 6.45) is 1.74. The average Bonchev–Trinajstić information content (AvgIpc) is 3.18. The van der Waals surface area contributed by atoms with E-state index in [2.05, 4.69) is 22.1 Å². The number of sulfonamides is 1. The fourth-order valence-electron chi connectivity index (χ4n) is 2.38. The third-order valence-corrected chi connectivity index (χ3v) is 7.72. The zero-order chi connectivity index (χ0) is 21.6. The Morgan fingerprint density at radius 3 is 2.53 bits per heavy atom. The molecule has 0 aliphatic heterocycles. The van der Waals surface area contributed by atoms with Crippen LogP contribution in [0.2, 0.25) is 5.02 Å². The van der Waals surface area contributed by atoms with Gasteiger partial charge in [-0.25, -0.2) is 8.42 Å². The predicted octanol–water partition coefficient (Wildman–Crippen LogP) is 4.30. The second-order valence-electron chi connectivity index (χ2n) is 5.82. The van der Waals surface area contributed by atoms with Gasteiger partial charge in [0.05, 0.1) is 10.6 Å². The van der Waals surface area contributed by atoms with E-state index in [4.69, 9.17) is 11.6 Å². The van der Waals surface area contributed by atoms with Crippen molar-refractivity contribution in [3.63, 3.8) is 0 Å². The van der Waals surface area contributed by atoms with Gasteiger partial charge in [0.1, 0.15) is 6.54 Å². The van der Waals surface area contributed by atoms with Crippen LogP contribution in [-0.4, -0.2) is 36.8 Å². The number of para-hydroxylation sites is 1. The fraction of sp³-hybridized carbons (Fsp3) is 0.105. The minimum Gasteiger partial charge on any atom is -0.299 e. The molecular formula is C19H17ClN4O3S3. The number of halogens is 1. The van der Waals surface area contributed by atoms with Gasteiger partial charge in [0, 0.05) is 10.8 Å². The lowest BCUT2D eigenvalue weighted by Crippen LogP contribution is -2.38. The Balaban J connectivity index is 1.83. The van der Waals surface area contributed by atoms with Gasteiger partial charge in [-0.3, -0.25) is 14.4 Å². The van der Waals surface area contributed by atoms with E-state index >= 15 is 0 Å². The molecule has 3 aromatic rings. The third-order valence-electron chi connectivity index (χ3n) is 3.71. The number of nitrogens with zero attached hydrogens (tertiary/aromatic N) is 3. The van der Waals surface area contributed by atoms with Crippen LogP contribution in [0.1, 0.15) is 0 Å². The van der Waals surface area contributed by atoms with Gasteiger partial charge in [-0.15, -0.1) is 16.8 Å². The highest BCUT2D eigenvalue weighted by atomic mass is 35.5. The van der Waals surface area contributed by atoms with Crippen molar-refractivity contribution >= 4 is 61.4 Å². The van der Waals surface area contributed by atoms with E-state index in [-0.39, 0.29) is 4.90 Å². The number of hydrogen-bond donors (Lipinski definition) is 1. The smallest absolute Gasteiger partial charge is 0.264 e. The molecule has 0 unspecified atom stereocenters. The molecule has 7 nitrogen and oxygen atoms in total. The minimum atomic E-state index is -4.00. The van der Waals surface area contributed by atoms with Crippen LogP contribution in [0.3, 0.4) is 0 Å². The first-order valence-corrected chi connectivity index (χ1v) is 12.2. The lowest BCUT2D eigenvalue weighted by molar-refractivity contribution is -0.114. The lowest BCUT2D eigenvalue weighted by Gasteiger charge is -2.23. The van der Waals surface area contributed by atoms with E-state index in [0.29, 0.717) is 25.9 Å². The summed E-state index contributed by atoms with van der Waals surface area (Å²) >= 11 is 8.52. The third kappa shape index (κ3) is 5.60. The van der Waals surface area contributed by atoms with E-state index in [1.54, 1.807) is 36.4 Å². The SMILES string of the molecule is C=CCSc1nnc(NC(=O)CN(c2ccccc2)S(=O)(=O)c2ccc(Cl)cc2)s1. The molecule has 0 fully saturated rings. The van der Waals surface area contributed by atoms with Crippen LogP contribution >= 0.6 is 34.7 Å². The number of amides is 1. The molecule has 0 aliphatic rings. The van der Waals surface area contributed by atoms with Crippen molar-refractivity contribution in [1.29, 1.82) is 0 Å². The van der Waals surface area contributed by atoms with Gasteiger partial charge in [0.15, 0.2) is 4.34 Å². The van der Waals surface area contributed by atoms with Crippen LogP contribution in [0.15, 0.2) is 76.5 Å². The number of aromatic nitrogens is 2. The number of anilines is 2. The number of rotatable bonds is 9. The van der Waals surface area contributed by atoms with Gasteiger partial charge < -0.3 is 0 Å². The minimum absolute atomic E-state index is 0.0302. The van der Waals surface area contributed by atoms with Gasteiger partial charge >= 0.3 is 0 Å². The molecule has 1 heterocycles. The molecule has 0 spiro atoms. The Morgan fingerprint density at radius 1 is 1.17 bits per heavy atom. The average molecular weight is 481 g/mol. The molecule has 2 aromatic carbocycles. The molecule has 30 heavy (non-hydrogen) atoms. The Kier molecular flexibility index (Phi) is 7.48. The fourth-order valence-corrected chi connectivity index (χ4v) is 5.46. The van der Waals surface area contributed by atoms with Gasteiger partial charge in [-0.2, -0.15) is 0 Å². The van der Waals surface area contributed by atoms with Crippen LogP contribution in [0.5, 0.6) is 0 Å². The zero-order valence-corrected chi connectivity index (χ0v) is 18.8. The predicted molar refractivity (Wildman–Crippen MR) is 122 cm³/mol. The number of nitrogens with one attached hydrogen (secondary N) is 1. The summed E-state index contributed by atoms with van der Waals surface area (Å²) in [6.45, 7) is 3.21. The van der Waals surface area contributed by atoms with Gasteiger partial charge in [0.2, 0.25) is 11.0 Å². The van der Waals surface area contributed by atoms with Crippen LogP contribution in [0.25, 0.3) is 0 Å². The second kappa shape index (κ2) is 10.1. The molecule has 0 bridgehead atoms. The zero-order valence-electron chi connectivity index (χ0n) is 15.6. The Hall–Kier alpha value is -2.40. The highest BCUT2D eigenvalue weighted by molar-refractivity contribution is 8.01. The van der Waals surface area contributed by atoms with Crippen LogP contribution < -0.4 is 9.62 Å². The first-order chi connectivity index (χ1) is 14.4. The molecule has 156 valence electrons. The first-order valence-electron chi connectivity index (χ1n) is 8.60. The normalized spacial score (nSPS) is 11.1. The Morgan fingerprint density at radius 2 is 1.87 bits per heavy atom. The maximum atomic E-state index is 13.2. The van der Waals surface area contributed by atoms with Crippen LogP contribution in [-0.2, 0) is 14.8 Å². The number of carbonyl (C=O) groups excluding carboxylic acids is 1. The van der Waals surface area contributed by atoms with Crippen LogP contribution in [0.4, 0.5) is 10.8 Å². The molecule has 0 radical (unpaired) electrons. The standard InChI is InChI=1S/C19H17ClN4O3S3/c1-2-12-28-19-23-22-18(29-19)21-17(25)13-24(15-6-4-3-5-7-15)30(26,27)16-10-8-14(20)9-11-16/h2-11H,1,12-13H2,(H,21,22,25). The van der Waals surface area contributed by atoms with E-state index in [1.807, 2.05) is 0 Å². The monoisotopic (exact) mass is 480 g/mol. The molecule has 11 heteroatoms. The maximum absolute atomic E-state index is 13.2. The molecule has 1 amide bonds. The molecular weight excluding hydrogens is 464 g/mol. The molecule has 3 rings (SSSR count). The number of benzene rings is 2. The van der Waals surface area contributed by atoms with E-state index in [1.165, 1.54) is 47.4 Å². The molecule has 0 saturated carbocycles. The lowest BCUT2D eigenvalue weighted by atomic mass is 10.3. The van der Waals surface area contributed by atoms with Crippen molar-refractivity contribution < 1.29 is 13.2 Å². The van der Waals surface area contributed by atoms with Crippen molar-refractivity contribution in [1.82, 2.24) is 10.2 Å². The van der Waals surface area contributed by atoms with Gasteiger partial charge in [-0.1, -0.05) is 59.0 Å². The Bertz CT molecular complexity index is 1120. The van der Waals surface area contributed by atoms with Gasteiger partial charge in [0.25, 0.3) is 10.0 Å². The number of thioether (sulfide) groups is 1. The summed E-state index contributed by atoms with van der Waals surface area (Å²) in [7, 11) is -4.00.